The monoisotopic (exact) mass is 477 g/mol. The van der Waals surface area contributed by atoms with Crippen molar-refractivity contribution in [3.05, 3.63) is 17.0 Å². The fourth-order valence-electron chi connectivity index (χ4n) is 5.06. The molecule has 0 spiro atoms. The Bertz CT molecular complexity index is 821. The standard InChI is InChI=1S/C22H31ClF3N3O3/c1-11-3-4-13(9-16(11)23)10-17-18(19(29-28-17)22(24,25)26)20(30)27-12(2)14-5-7-15(8-6-14)21(31)32/h11-16H,3-10H2,1-2H3,(H,27,30)(H,28,29)(H,31,32). The van der Waals surface area contributed by atoms with Crippen LogP contribution in [0.5, 0.6) is 0 Å². The van der Waals surface area contributed by atoms with Crippen LogP contribution in [0.2, 0.25) is 0 Å². The lowest BCUT2D eigenvalue weighted by molar-refractivity contribution is -0.143. The second kappa shape index (κ2) is 10.0. The molecule has 32 heavy (non-hydrogen) atoms. The molecule has 2 aliphatic carbocycles. The number of aliphatic carboxylic acids is 1. The van der Waals surface area contributed by atoms with Crippen LogP contribution in [-0.2, 0) is 17.4 Å². The van der Waals surface area contributed by atoms with Gasteiger partial charge in [0, 0.05) is 17.1 Å². The normalized spacial score (nSPS) is 30.0. The van der Waals surface area contributed by atoms with E-state index in [4.69, 9.17) is 16.7 Å². The molecular formula is C22H31ClF3N3O3. The lowest BCUT2D eigenvalue weighted by Crippen LogP contribution is -2.41. The molecule has 1 heterocycles. The Morgan fingerprint density at radius 3 is 2.44 bits per heavy atom. The number of nitrogens with zero attached hydrogens (tertiary/aromatic N) is 1. The number of hydrogen-bond acceptors (Lipinski definition) is 3. The summed E-state index contributed by atoms with van der Waals surface area (Å²) in [5.74, 6) is -1.54. The molecule has 2 fully saturated rings. The van der Waals surface area contributed by atoms with Gasteiger partial charge in [-0.2, -0.15) is 18.3 Å². The van der Waals surface area contributed by atoms with Crippen molar-refractivity contribution in [3.63, 3.8) is 0 Å². The van der Waals surface area contributed by atoms with Crippen LogP contribution in [0.15, 0.2) is 0 Å². The molecule has 0 saturated heterocycles. The minimum absolute atomic E-state index is 0.0241. The lowest BCUT2D eigenvalue weighted by atomic mass is 9.79. The molecule has 2 saturated carbocycles. The van der Waals surface area contributed by atoms with Crippen molar-refractivity contribution in [3.8, 4) is 0 Å². The maximum absolute atomic E-state index is 13.6. The molecule has 4 unspecified atom stereocenters. The highest BCUT2D eigenvalue weighted by Crippen LogP contribution is 2.37. The molecule has 0 aliphatic heterocycles. The number of amides is 1. The van der Waals surface area contributed by atoms with Gasteiger partial charge < -0.3 is 10.4 Å². The zero-order valence-electron chi connectivity index (χ0n) is 18.3. The van der Waals surface area contributed by atoms with Crippen molar-refractivity contribution in [2.24, 2.45) is 23.7 Å². The van der Waals surface area contributed by atoms with Gasteiger partial charge in [-0.15, -0.1) is 11.6 Å². The van der Waals surface area contributed by atoms with E-state index in [1.165, 1.54) is 0 Å². The summed E-state index contributed by atoms with van der Waals surface area (Å²) in [5, 5.41) is 17.8. The number of carboxylic acids is 1. The van der Waals surface area contributed by atoms with Crippen LogP contribution >= 0.6 is 11.6 Å². The summed E-state index contributed by atoms with van der Waals surface area (Å²) in [6.07, 6.45) is 0.203. The molecule has 0 aromatic carbocycles. The molecule has 1 amide bonds. The Labute approximate surface area is 190 Å². The molecule has 0 radical (unpaired) electrons. The molecule has 0 bridgehead atoms. The maximum atomic E-state index is 13.6. The first-order valence-electron chi connectivity index (χ1n) is 11.3. The Balaban J connectivity index is 1.72. The molecule has 180 valence electrons. The zero-order chi connectivity index (χ0) is 23.6. The summed E-state index contributed by atoms with van der Waals surface area (Å²) >= 11 is 6.37. The number of aromatic nitrogens is 2. The average Bonchev–Trinajstić information content (AvgIpc) is 3.15. The van der Waals surface area contributed by atoms with Crippen molar-refractivity contribution >= 4 is 23.5 Å². The summed E-state index contributed by atoms with van der Waals surface area (Å²) in [6.45, 7) is 3.83. The van der Waals surface area contributed by atoms with E-state index in [0.29, 0.717) is 44.4 Å². The van der Waals surface area contributed by atoms with Crippen molar-refractivity contribution in [2.45, 2.75) is 82.8 Å². The van der Waals surface area contributed by atoms with Crippen LogP contribution in [-0.4, -0.2) is 38.6 Å². The summed E-state index contributed by atoms with van der Waals surface area (Å²) in [5.41, 5.74) is -1.44. The average molecular weight is 478 g/mol. The van der Waals surface area contributed by atoms with Crippen molar-refractivity contribution in [1.29, 1.82) is 0 Å². The Morgan fingerprint density at radius 1 is 1.22 bits per heavy atom. The molecule has 1 aromatic heterocycles. The first-order valence-corrected chi connectivity index (χ1v) is 11.7. The predicted molar refractivity (Wildman–Crippen MR) is 113 cm³/mol. The van der Waals surface area contributed by atoms with E-state index < -0.39 is 35.2 Å². The number of carbonyl (C=O) groups is 2. The number of nitrogens with one attached hydrogen (secondary N) is 2. The predicted octanol–water partition coefficient (Wildman–Crippen LogP) is 5.02. The van der Waals surface area contributed by atoms with Crippen LogP contribution < -0.4 is 5.32 Å². The maximum Gasteiger partial charge on any atom is 0.435 e. The molecule has 2 aliphatic rings. The minimum atomic E-state index is -4.75. The number of halogens is 4. The third kappa shape index (κ3) is 5.77. The molecule has 3 rings (SSSR count). The van der Waals surface area contributed by atoms with Gasteiger partial charge in [-0.3, -0.25) is 14.7 Å². The van der Waals surface area contributed by atoms with Crippen LogP contribution in [0.1, 0.15) is 80.5 Å². The first-order chi connectivity index (χ1) is 15.0. The second-order valence-corrected chi connectivity index (χ2v) is 10.1. The number of rotatable bonds is 6. The van der Waals surface area contributed by atoms with Gasteiger partial charge in [0.2, 0.25) is 0 Å². The summed E-state index contributed by atoms with van der Waals surface area (Å²) in [4.78, 5) is 24.1. The number of hydrogen-bond donors (Lipinski definition) is 3. The topological polar surface area (TPSA) is 95.1 Å². The molecule has 1 aromatic rings. The highest BCUT2D eigenvalue weighted by molar-refractivity contribution is 6.20. The van der Waals surface area contributed by atoms with Crippen molar-refractivity contribution < 1.29 is 27.9 Å². The van der Waals surface area contributed by atoms with E-state index in [9.17, 15) is 22.8 Å². The second-order valence-electron chi connectivity index (χ2n) is 9.51. The Hall–Kier alpha value is -1.77. The highest BCUT2D eigenvalue weighted by atomic mass is 35.5. The quantitative estimate of drug-likeness (QED) is 0.501. The van der Waals surface area contributed by atoms with Crippen LogP contribution in [0.3, 0.4) is 0 Å². The molecule has 3 N–H and O–H groups in total. The number of H-pyrrole nitrogens is 1. The minimum Gasteiger partial charge on any atom is -0.481 e. The van der Waals surface area contributed by atoms with E-state index in [0.717, 1.165) is 12.8 Å². The third-order valence-corrected chi connectivity index (χ3v) is 7.83. The SMILES string of the molecule is CC1CCC(Cc2[nH]nc(C(F)(F)F)c2C(=O)NC(C)C2CCC(C(=O)O)CC2)CC1Cl. The van der Waals surface area contributed by atoms with Gasteiger partial charge in [0.25, 0.3) is 5.91 Å². The van der Waals surface area contributed by atoms with Crippen molar-refractivity contribution in [1.82, 2.24) is 15.5 Å². The van der Waals surface area contributed by atoms with E-state index in [1.807, 2.05) is 0 Å². The van der Waals surface area contributed by atoms with Gasteiger partial charge >= 0.3 is 12.1 Å². The molecule has 6 nitrogen and oxygen atoms in total. The van der Waals surface area contributed by atoms with Gasteiger partial charge in [-0.25, -0.2) is 0 Å². The van der Waals surface area contributed by atoms with E-state index in [1.54, 1.807) is 6.92 Å². The largest absolute Gasteiger partial charge is 0.481 e. The van der Waals surface area contributed by atoms with Crippen LogP contribution in [0, 0.1) is 23.7 Å². The number of aromatic amines is 1. The van der Waals surface area contributed by atoms with E-state index in [-0.39, 0.29) is 28.9 Å². The smallest absolute Gasteiger partial charge is 0.435 e. The van der Waals surface area contributed by atoms with Gasteiger partial charge in [0.1, 0.15) is 0 Å². The number of carbonyl (C=O) groups excluding carboxylic acids is 1. The number of carboxylic acid groups (broad SMARTS) is 1. The number of alkyl halides is 4. The Kier molecular flexibility index (Phi) is 7.78. The van der Waals surface area contributed by atoms with Gasteiger partial charge in [-0.1, -0.05) is 6.92 Å². The summed E-state index contributed by atoms with van der Waals surface area (Å²) in [6, 6.07) is -0.371. The highest BCUT2D eigenvalue weighted by Gasteiger charge is 2.41. The van der Waals surface area contributed by atoms with E-state index in [2.05, 4.69) is 22.4 Å². The van der Waals surface area contributed by atoms with Crippen molar-refractivity contribution in [2.75, 3.05) is 0 Å². The molecular weight excluding hydrogens is 447 g/mol. The van der Waals surface area contributed by atoms with Gasteiger partial charge in [0.15, 0.2) is 5.69 Å². The van der Waals surface area contributed by atoms with E-state index >= 15 is 0 Å². The Morgan fingerprint density at radius 2 is 1.88 bits per heavy atom. The van der Waals surface area contributed by atoms with Crippen LogP contribution in [0.4, 0.5) is 13.2 Å². The summed E-state index contributed by atoms with van der Waals surface area (Å²) < 4.78 is 40.8. The van der Waals surface area contributed by atoms with Gasteiger partial charge in [-0.05, 0) is 76.0 Å². The third-order valence-electron chi connectivity index (χ3n) is 7.22. The van der Waals surface area contributed by atoms with Gasteiger partial charge in [0.05, 0.1) is 11.5 Å². The molecule has 10 heteroatoms. The lowest BCUT2D eigenvalue weighted by Gasteiger charge is -2.31. The zero-order valence-corrected chi connectivity index (χ0v) is 19.1. The molecule has 4 atom stereocenters. The fourth-order valence-corrected chi connectivity index (χ4v) is 5.44. The van der Waals surface area contributed by atoms with Crippen LogP contribution in [0.25, 0.3) is 0 Å². The fraction of sp³-hybridized carbons (Fsp3) is 0.773. The first kappa shape index (κ1) is 24.9. The summed E-state index contributed by atoms with van der Waals surface area (Å²) in [7, 11) is 0.